The Labute approximate surface area is 179 Å². The first-order chi connectivity index (χ1) is 14.8. The number of carbonyl (C=O) groups excluding carboxylic acids is 3. The van der Waals surface area contributed by atoms with Crippen LogP contribution in [-0.2, 0) is 16.0 Å². The molecule has 2 aromatic heterocycles. The van der Waals surface area contributed by atoms with Gasteiger partial charge in [0.2, 0.25) is 5.78 Å². The van der Waals surface area contributed by atoms with Gasteiger partial charge >= 0.3 is 5.97 Å². The van der Waals surface area contributed by atoms with Crippen LogP contribution < -0.4 is 0 Å². The standard InChI is InChI=1S/C25H23NO5/c1-13-22(15(3)27)14(2)26-24(13)25(29)16(4)31-21(28)11-18-12-30-20-10-9-17-7-5-6-8-19(17)23(18)20/h5-10,12,16,26H,11H2,1-4H3/t16-/m0/s1. The Hall–Kier alpha value is -3.67. The summed E-state index contributed by atoms with van der Waals surface area (Å²) in [5.41, 5.74) is 3.40. The monoisotopic (exact) mass is 417 g/mol. The third-order valence-corrected chi connectivity index (χ3v) is 5.59. The fourth-order valence-corrected chi connectivity index (χ4v) is 4.18. The van der Waals surface area contributed by atoms with Crippen LogP contribution in [0.2, 0.25) is 0 Å². The number of aromatic nitrogens is 1. The van der Waals surface area contributed by atoms with Crippen molar-refractivity contribution in [2.75, 3.05) is 0 Å². The summed E-state index contributed by atoms with van der Waals surface area (Å²) in [4.78, 5) is 40.2. The molecule has 0 spiro atoms. The number of ether oxygens (including phenoxy) is 1. The van der Waals surface area contributed by atoms with Gasteiger partial charge in [0.15, 0.2) is 11.9 Å². The first kappa shape index (κ1) is 20.6. The largest absolute Gasteiger partial charge is 0.464 e. The Kier molecular flexibility index (Phi) is 5.23. The molecule has 2 aromatic carbocycles. The highest BCUT2D eigenvalue weighted by Crippen LogP contribution is 2.30. The Balaban J connectivity index is 1.54. The van der Waals surface area contributed by atoms with Crippen LogP contribution in [0.15, 0.2) is 47.1 Å². The number of hydrogen-bond acceptors (Lipinski definition) is 5. The lowest BCUT2D eigenvalue weighted by Gasteiger charge is -2.12. The number of fused-ring (bicyclic) bond motifs is 3. The van der Waals surface area contributed by atoms with Crippen molar-refractivity contribution < 1.29 is 23.5 Å². The number of ketones is 2. The van der Waals surface area contributed by atoms with Crippen LogP contribution in [-0.4, -0.2) is 28.6 Å². The third-order valence-electron chi connectivity index (χ3n) is 5.59. The highest BCUT2D eigenvalue weighted by atomic mass is 16.5. The molecule has 0 aliphatic carbocycles. The molecule has 0 aliphatic heterocycles. The second-order valence-electron chi connectivity index (χ2n) is 7.78. The lowest BCUT2D eigenvalue weighted by molar-refractivity contribution is -0.145. The van der Waals surface area contributed by atoms with Gasteiger partial charge in [-0.2, -0.15) is 0 Å². The molecule has 4 rings (SSSR count). The molecule has 0 aliphatic rings. The number of nitrogens with one attached hydrogen (secondary N) is 1. The first-order valence-corrected chi connectivity index (χ1v) is 10.1. The molecule has 0 unspecified atom stereocenters. The van der Waals surface area contributed by atoms with Gasteiger partial charge in [-0.15, -0.1) is 0 Å². The van der Waals surface area contributed by atoms with E-state index in [0.29, 0.717) is 33.7 Å². The van der Waals surface area contributed by atoms with E-state index in [0.717, 1.165) is 16.2 Å². The minimum atomic E-state index is -0.987. The number of rotatable bonds is 6. The van der Waals surface area contributed by atoms with Crippen LogP contribution in [0.4, 0.5) is 0 Å². The lowest BCUT2D eigenvalue weighted by atomic mass is 10.0. The minimum absolute atomic E-state index is 0.0138. The number of carbonyl (C=O) groups is 3. The van der Waals surface area contributed by atoms with E-state index < -0.39 is 12.1 Å². The maximum atomic E-state index is 12.8. The summed E-state index contributed by atoms with van der Waals surface area (Å²) in [6.07, 6.45) is 0.557. The van der Waals surface area contributed by atoms with E-state index in [9.17, 15) is 14.4 Å². The van der Waals surface area contributed by atoms with Gasteiger partial charge in [-0.1, -0.05) is 30.3 Å². The van der Waals surface area contributed by atoms with E-state index in [1.165, 1.54) is 13.8 Å². The SMILES string of the molecule is CC(=O)c1c(C)[nH]c(C(=O)[C@H](C)OC(=O)Cc2coc3ccc4ccccc4c23)c1C. The van der Waals surface area contributed by atoms with Crippen LogP contribution in [0.3, 0.4) is 0 Å². The molecular formula is C25H23NO5. The molecule has 0 amide bonds. The van der Waals surface area contributed by atoms with E-state index in [4.69, 9.17) is 9.15 Å². The van der Waals surface area contributed by atoms with Crippen molar-refractivity contribution in [1.29, 1.82) is 0 Å². The zero-order valence-corrected chi connectivity index (χ0v) is 17.9. The van der Waals surface area contributed by atoms with Gasteiger partial charge in [-0.25, -0.2) is 0 Å². The number of aryl methyl sites for hydroxylation is 1. The molecule has 1 N–H and O–H groups in total. The van der Waals surface area contributed by atoms with Crippen molar-refractivity contribution in [2.45, 2.75) is 40.2 Å². The molecule has 4 aromatic rings. The van der Waals surface area contributed by atoms with Crippen LogP contribution in [0, 0.1) is 13.8 Å². The normalized spacial score (nSPS) is 12.3. The van der Waals surface area contributed by atoms with Gasteiger partial charge in [0.05, 0.1) is 18.4 Å². The molecule has 6 nitrogen and oxygen atoms in total. The van der Waals surface area contributed by atoms with Crippen molar-refractivity contribution in [1.82, 2.24) is 4.98 Å². The van der Waals surface area contributed by atoms with Crippen LogP contribution >= 0.6 is 0 Å². The molecule has 6 heteroatoms. The summed E-state index contributed by atoms with van der Waals surface area (Å²) in [5, 5.41) is 2.92. The lowest BCUT2D eigenvalue weighted by Crippen LogP contribution is -2.26. The summed E-state index contributed by atoms with van der Waals surface area (Å²) in [5.74, 6) is -1.01. The highest BCUT2D eigenvalue weighted by Gasteiger charge is 2.26. The first-order valence-electron chi connectivity index (χ1n) is 10.1. The average molecular weight is 417 g/mol. The third kappa shape index (κ3) is 3.65. The van der Waals surface area contributed by atoms with Crippen molar-refractivity contribution in [2.24, 2.45) is 0 Å². The quantitative estimate of drug-likeness (QED) is 0.349. The molecule has 0 fully saturated rings. The predicted octanol–water partition coefficient (Wildman–Crippen LogP) is 5.09. The van der Waals surface area contributed by atoms with Crippen molar-refractivity contribution in [3.05, 3.63) is 70.7 Å². The molecule has 1 atom stereocenters. The zero-order valence-electron chi connectivity index (χ0n) is 17.9. The second-order valence-corrected chi connectivity index (χ2v) is 7.78. The Morgan fingerprint density at radius 1 is 1.10 bits per heavy atom. The van der Waals surface area contributed by atoms with Crippen LogP contribution in [0.5, 0.6) is 0 Å². The van der Waals surface area contributed by atoms with Gasteiger partial charge in [0, 0.05) is 22.2 Å². The van der Waals surface area contributed by atoms with Gasteiger partial charge in [0.1, 0.15) is 5.58 Å². The van der Waals surface area contributed by atoms with E-state index in [1.54, 1.807) is 20.1 Å². The minimum Gasteiger partial charge on any atom is -0.464 e. The van der Waals surface area contributed by atoms with E-state index in [1.807, 2.05) is 36.4 Å². The molecule has 0 saturated heterocycles. The maximum absolute atomic E-state index is 12.8. The summed E-state index contributed by atoms with van der Waals surface area (Å²) >= 11 is 0. The smallest absolute Gasteiger partial charge is 0.311 e. The topological polar surface area (TPSA) is 89.4 Å². The Morgan fingerprint density at radius 3 is 2.55 bits per heavy atom. The predicted molar refractivity (Wildman–Crippen MR) is 118 cm³/mol. The summed E-state index contributed by atoms with van der Waals surface area (Å²) in [7, 11) is 0. The number of aromatic amines is 1. The number of furan rings is 1. The number of esters is 1. The average Bonchev–Trinajstić information content (AvgIpc) is 3.27. The zero-order chi connectivity index (χ0) is 22.3. The molecule has 0 radical (unpaired) electrons. The maximum Gasteiger partial charge on any atom is 0.311 e. The summed E-state index contributed by atoms with van der Waals surface area (Å²) < 4.78 is 11.1. The van der Waals surface area contributed by atoms with Gasteiger partial charge in [-0.05, 0) is 50.1 Å². The highest BCUT2D eigenvalue weighted by molar-refractivity contribution is 6.08. The van der Waals surface area contributed by atoms with Crippen LogP contribution in [0.1, 0.15) is 51.5 Å². The fourth-order valence-electron chi connectivity index (χ4n) is 4.18. The fraction of sp³-hybridized carbons (Fsp3) is 0.240. The van der Waals surface area contributed by atoms with E-state index in [-0.39, 0.29) is 18.0 Å². The second kappa shape index (κ2) is 7.87. The number of benzene rings is 2. The summed E-state index contributed by atoms with van der Waals surface area (Å²) in [6.45, 7) is 6.45. The molecule has 158 valence electrons. The molecule has 31 heavy (non-hydrogen) atoms. The van der Waals surface area contributed by atoms with Gasteiger partial charge < -0.3 is 14.1 Å². The van der Waals surface area contributed by atoms with E-state index >= 15 is 0 Å². The molecule has 2 heterocycles. The molecule has 0 saturated carbocycles. The van der Waals surface area contributed by atoms with Crippen molar-refractivity contribution in [3.63, 3.8) is 0 Å². The van der Waals surface area contributed by atoms with Gasteiger partial charge in [0.25, 0.3) is 0 Å². The number of Topliss-reactive ketones (excluding diaryl/α,β-unsaturated/α-hetero) is 2. The van der Waals surface area contributed by atoms with Crippen molar-refractivity contribution >= 4 is 39.3 Å². The number of hydrogen-bond donors (Lipinski definition) is 1. The van der Waals surface area contributed by atoms with Gasteiger partial charge in [-0.3, -0.25) is 14.4 Å². The Morgan fingerprint density at radius 2 is 1.84 bits per heavy atom. The summed E-state index contributed by atoms with van der Waals surface area (Å²) in [6, 6.07) is 11.7. The number of H-pyrrole nitrogens is 1. The molecule has 0 bridgehead atoms. The van der Waals surface area contributed by atoms with E-state index in [2.05, 4.69) is 4.98 Å². The molecular weight excluding hydrogens is 394 g/mol. The Bertz CT molecular complexity index is 1340. The van der Waals surface area contributed by atoms with Crippen molar-refractivity contribution in [3.8, 4) is 0 Å². The van der Waals surface area contributed by atoms with Crippen LogP contribution in [0.25, 0.3) is 21.7 Å².